The monoisotopic (exact) mass is 279 g/mol. The van der Waals surface area contributed by atoms with Crippen molar-refractivity contribution < 1.29 is 4.79 Å². The van der Waals surface area contributed by atoms with Gasteiger partial charge >= 0.3 is 0 Å². The number of hydrogen-bond donors (Lipinski definition) is 3. The molecule has 1 fully saturated rings. The highest BCUT2D eigenvalue weighted by atomic mass is 16.2. The third kappa shape index (κ3) is 4.52. The van der Waals surface area contributed by atoms with Crippen LogP contribution in [0.1, 0.15) is 26.7 Å². The minimum Gasteiger partial charge on any atom is -0.382 e. The molecular formula is C14H25N5O. The molecule has 6 nitrogen and oxygen atoms in total. The van der Waals surface area contributed by atoms with E-state index in [0.717, 1.165) is 25.1 Å². The minimum atomic E-state index is 0.0316. The summed E-state index contributed by atoms with van der Waals surface area (Å²) in [6.07, 6.45) is 5.82. The van der Waals surface area contributed by atoms with Crippen LogP contribution >= 0.6 is 0 Å². The van der Waals surface area contributed by atoms with Gasteiger partial charge in [-0.25, -0.2) is 0 Å². The van der Waals surface area contributed by atoms with Crippen LogP contribution in [0.2, 0.25) is 0 Å². The molecule has 112 valence electrons. The molecule has 1 unspecified atom stereocenters. The molecule has 20 heavy (non-hydrogen) atoms. The Labute approximate surface area is 120 Å². The number of nitrogens with zero attached hydrogens (tertiary/aromatic N) is 2. The first-order valence-corrected chi connectivity index (χ1v) is 7.34. The number of hydrogen-bond acceptors (Lipinski definition) is 4. The van der Waals surface area contributed by atoms with Gasteiger partial charge in [0.2, 0.25) is 5.91 Å². The molecule has 1 saturated carbocycles. The van der Waals surface area contributed by atoms with Gasteiger partial charge in [-0.1, -0.05) is 13.8 Å². The summed E-state index contributed by atoms with van der Waals surface area (Å²) in [7, 11) is 0. The van der Waals surface area contributed by atoms with Crippen molar-refractivity contribution in [2.45, 2.75) is 39.3 Å². The van der Waals surface area contributed by atoms with Crippen molar-refractivity contribution >= 4 is 11.6 Å². The molecule has 1 aliphatic rings. The van der Waals surface area contributed by atoms with Gasteiger partial charge in [0, 0.05) is 18.8 Å². The molecule has 2 rings (SSSR count). The van der Waals surface area contributed by atoms with Crippen LogP contribution < -0.4 is 16.4 Å². The SMILES string of the molecule is CC(C)C(CN)CNc1cnn(CC(=O)NC2CC2)c1. The Hall–Kier alpha value is -1.56. The fraction of sp³-hybridized carbons (Fsp3) is 0.714. The molecule has 0 spiro atoms. The summed E-state index contributed by atoms with van der Waals surface area (Å²) >= 11 is 0. The molecule has 1 amide bonds. The Morgan fingerprint density at radius 1 is 1.55 bits per heavy atom. The van der Waals surface area contributed by atoms with Crippen LogP contribution in [-0.4, -0.2) is 34.8 Å². The number of nitrogens with one attached hydrogen (secondary N) is 2. The lowest BCUT2D eigenvalue weighted by Gasteiger charge is -2.19. The average molecular weight is 279 g/mol. The van der Waals surface area contributed by atoms with Crippen LogP contribution in [-0.2, 0) is 11.3 Å². The van der Waals surface area contributed by atoms with Crippen molar-refractivity contribution in [2.75, 3.05) is 18.4 Å². The van der Waals surface area contributed by atoms with Crippen LogP contribution in [0.5, 0.6) is 0 Å². The van der Waals surface area contributed by atoms with Gasteiger partial charge in [0.25, 0.3) is 0 Å². The highest BCUT2D eigenvalue weighted by molar-refractivity contribution is 5.76. The second-order valence-electron chi connectivity index (χ2n) is 5.89. The van der Waals surface area contributed by atoms with E-state index >= 15 is 0 Å². The summed E-state index contributed by atoms with van der Waals surface area (Å²) in [6.45, 7) is 6.12. The molecule has 1 aliphatic carbocycles. The van der Waals surface area contributed by atoms with Crippen molar-refractivity contribution in [2.24, 2.45) is 17.6 Å². The molecule has 1 aromatic rings. The van der Waals surface area contributed by atoms with Crippen LogP contribution in [0.4, 0.5) is 5.69 Å². The maximum atomic E-state index is 11.7. The van der Waals surface area contributed by atoms with E-state index in [2.05, 4.69) is 29.6 Å². The first kappa shape index (κ1) is 14.8. The third-order valence-electron chi connectivity index (χ3n) is 3.70. The van der Waals surface area contributed by atoms with E-state index in [1.54, 1.807) is 10.9 Å². The van der Waals surface area contributed by atoms with Gasteiger partial charge in [0.1, 0.15) is 6.54 Å². The summed E-state index contributed by atoms with van der Waals surface area (Å²) in [6, 6.07) is 0.395. The molecule has 6 heteroatoms. The van der Waals surface area contributed by atoms with E-state index in [9.17, 15) is 4.79 Å². The molecule has 0 bridgehead atoms. The molecule has 0 aromatic carbocycles. The topological polar surface area (TPSA) is 85.0 Å². The molecule has 4 N–H and O–H groups in total. The number of carbonyl (C=O) groups excluding carboxylic acids is 1. The molecule has 0 aliphatic heterocycles. The Morgan fingerprint density at radius 2 is 2.30 bits per heavy atom. The average Bonchev–Trinajstić information content (AvgIpc) is 3.08. The van der Waals surface area contributed by atoms with Gasteiger partial charge in [-0.3, -0.25) is 9.48 Å². The summed E-state index contributed by atoms with van der Waals surface area (Å²) in [5.74, 6) is 1.02. The Morgan fingerprint density at radius 3 is 2.90 bits per heavy atom. The van der Waals surface area contributed by atoms with Gasteiger partial charge < -0.3 is 16.4 Å². The van der Waals surface area contributed by atoms with Gasteiger partial charge in [-0.05, 0) is 31.2 Å². The van der Waals surface area contributed by atoms with Crippen molar-refractivity contribution in [3.8, 4) is 0 Å². The number of aromatic nitrogens is 2. The summed E-state index contributed by atoms with van der Waals surface area (Å²) in [5.41, 5.74) is 6.68. The first-order chi connectivity index (χ1) is 9.58. The second-order valence-corrected chi connectivity index (χ2v) is 5.89. The van der Waals surface area contributed by atoms with E-state index < -0.39 is 0 Å². The minimum absolute atomic E-state index is 0.0316. The fourth-order valence-electron chi connectivity index (χ4n) is 2.03. The zero-order valence-corrected chi connectivity index (χ0v) is 12.3. The lowest BCUT2D eigenvalue weighted by atomic mass is 9.96. The summed E-state index contributed by atoms with van der Waals surface area (Å²) in [4.78, 5) is 11.7. The number of anilines is 1. The Kier molecular flexibility index (Phi) is 5.00. The number of carbonyl (C=O) groups is 1. The van der Waals surface area contributed by atoms with Gasteiger partial charge in [-0.15, -0.1) is 0 Å². The molecule has 0 radical (unpaired) electrons. The van der Waals surface area contributed by atoms with Crippen LogP contribution in [0, 0.1) is 11.8 Å². The maximum absolute atomic E-state index is 11.7. The standard InChI is InChI=1S/C14H25N5O/c1-10(2)11(5-15)6-16-13-7-17-19(8-13)9-14(20)18-12-3-4-12/h7-8,10-12,16H,3-6,9,15H2,1-2H3,(H,18,20). The molecule has 1 atom stereocenters. The van der Waals surface area contributed by atoms with E-state index in [1.807, 2.05) is 6.20 Å². The second kappa shape index (κ2) is 6.74. The summed E-state index contributed by atoms with van der Waals surface area (Å²) < 4.78 is 1.66. The summed E-state index contributed by atoms with van der Waals surface area (Å²) in [5, 5.41) is 10.5. The Bertz CT molecular complexity index is 439. The zero-order valence-electron chi connectivity index (χ0n) is 12.3. The normalized spacial score (nSPS) is 16.2. The van der Waals surface area contributed by atoms with E-state index in [1.165, 1.54) is 0 Å². The molecule has 1 aromatic heterocycles. The van der Waals surface area contributed by atoms with Crippen LogP contribution in [0.25, 0.3) is 0 Å². The van der Waals surface area contributed by atoms with Crippen molar-refractivity contribution in [3.63, 3.8) is 0 Å². The van der Waals surface area contributed by atoms with Crippen LogP contribution in [0.3, 0.4) is 0 Å². The van der Waals surface area contributed by atoms with Gasteiger partial charge in [-0.2, -0.15) is 5.10 Å². The predicted octanol–water partition coefficient (Wildman–Crippen LogP) is 0.804. The molecule has 0 saturated heterocycles. The lowest BCUT2D eigenvalue weighted by molar-refractivity contribution is -0.122. The zero-order chi connectivity index (χ0) is 14.5. The van der Waals surface area contributed by atoms with Crippen molar-refractivity contribution in [3.05, 3.63) is 12.4 Å². The predicted molar refractivity (Wildman–Crippen MR) is 79.3 cm³/mol. The first-order valence-electron chi connectivity index (χ1n) is 7.34. The number of amides is 1. The third-order valence-corrected chi connectivity index (χ3v) is 3.70. The highest BCUT2D eigenvalue weighted by Gasteiger charge is 2.23. The highest BCUT2D eigenvalue weighted by Crippen LogP contribution is 2.18. The van der Waals surface area contributed by atoms with Gasteiger partial charge in [0.05, 0.1) is 11.9 Å². The van der Waals surface area contributed by atoms with E-state index in [4.69, 9.17) is 5.73 Å². The van der Waals surface area contributed by atoms with Crippen molar-refractivity contribution in [1.29, 1.82) is 0 Å². The fourth-order valence-corrected chi connectivity index (χ4v) is 2.03. The lowest BCUT2D eigenvalue weighted by Crippen LogP contribution is -2.29. The van der Waals surface area contributed by atoms with Crippen molar-refractivity contribution in [1.82, 2.24) is 15.1 Å². The largest absolute Gasteiger partial charge is 0.382 e. The number of nitrogens with two attached hydrogens (primary N) is 1. The van der Waals surface area contributed by atoms with Gasteiger partial charge in [0.15, 0.2) is 0 Å². The number of rotatable bonds is 8. The molecule has 1 heterocycles. The van der Waals surface area contributed by atoms with Crippen LogP contribution in [0.15, 0.2) is 12.4 Å². The smallest absolute Gasteiger partial charge is 0.241 e. The Balaban J connectivity index is 1.77. The van der Waals surface area contributed by atoms with E-state index in [-0.39, 0.29) is 12.5 Å². The van der Waals surface area contributed by atoms with E-state index in [0.29, 0.717) is 24.4 Å². The quantitative estimate of drug-likeness (QED) is 0.657. The maximum Gasteiger partial charge on any atom is 0.241 e. The molecular weight excluding hydrogens is 254 g/mol.